The maximum absolute atomic E-state index is 12.1. The van der Waals surface area contributed by atoms with Crippen molar-refractivity contribution in [3.05, 3.63) is 58.1 Å². The Morgan fingerprint density at radius 1 is 0.962 bits per heavy atom. The van der Waals surface area contributed by atoms with Gasteiger partial charge < -0.3 is 15.5 Å². The summed E-state index contributed by atoms with van der Waals surface area (Å²) < 4.78 is 0. The number of carbonyl (C=O) groups excluding carboxylic acids is 2. The molecule has 0 aliphatic heterocycles. The Kier molecular flexibility index (Phi) is 7.30. The summed E-state index contributed by atoms with van der Waals surface area (Å²) in [6, 6.07) is 12.1. The molecule has 138 valence electrons. The van der Waals surface area contributed by atoms with Crippen molar-refractivity contribution in [1.82, 2.24) is 5.32 Å². The fourth-order valence-corrected chi connectivity index (χ4v) is 2.75. The van der Waals surface area contributed by atoms with E-state index in [2.05, 4.69) is 29.4 Å². The number of carbonyl (C=O) groups is 2. The zero-order valence-electron chi connectivity index (χ0n) is 14.7. The Morgan fingerprint density at radius 2 is 1.62 bits per heavy atom. The number of nitrogens with zero attached hydrogens (tertiary/aromatic N) is 1. The van der Waals surface area contributed by atoms with E-state index in [1.54, 1.807) is 6.07 Å². The Morgan fingerprint density at radius 3 is 2.19 bits per heavy atom. The molecule has 2 rings (SSSR count). The topological polar surface area (TPSA) is 61.4 Å². The molecule has 0 radical (unpaired) electrons. The van der Waals surface area contributed by atoms with Gasteiger partial charge >= 0.3 is 0 Å². The largest absolute Gasteiger partial charge is 0.372 e. The van der Waals surface area contributed by atoms with Crippen LogP contribution >= 0.6 is 23.2 Å². The highest BCUT2D eigenvalue weighted by molar-refractivity contribution is 6.42. The predicted octanol–water partition coefficient (Wildman–Crippen LogP) is 4.21. The Balaban J connectivity index is 1.88. The summed E-state index contributed by atoms with van der Waals surface area (Å²) in [4.78, 5) is 26.3. The van der Waals surface area contributed by atoms with Crippen LogP contribution in [0.3, 0.4) is 0 Å². The average Bonchev–Trinajstić information content (AvgIpc) is 2.64. The standard InChI is InChI=1S/C19H21Cl2N3O2/c1-3-24(4-2)15-8-6-14(7-9-15)23-18(25)12-22-19(26)13-5-10-16(20)17(21)11-13/h5-11H,3-4,12H2,1-2H3,(H,22,26)(H,23,25). The van der Waals surface area contributed by atoms with Crippen molar-refractivity contribution in [1.29, 1.82) is 0 Å². The van der Waals surface area contributed by atoms with Gasteiger partial charge in [-0.05, 0) is 56.3 Å². The van der Waals surface area contributed by atoms with Crippen LogP contribution in [0.5, 0.6) is 0 Å². The molecule has 26 heavy (non-hydrogen) atoms. The zero-order valence-corrected chi connectivity index (χ0v) is 16.2. The Labute approximate surface area is 163 Å². The van der Waals surface area contributed by atoms with Gasteiger partial charge in [-0.1, -0.05) is 23.2 Å². The number of hydrogen-bond acceptors (Lipinski definition) is 3. The number of hydrogen-bond donors (Lipinski definition) is 2. The van der Waals surface area contributed by atoms with E-state index >= 15 is 0 Å². The molecule has 0 unspecified atom stereocenters. The molecule has 5 nitrogen and oxygen atoms in total. The van der Waals surface area contributed by atoms with Crippen molar-refractivity contribution < 1.29 is 9.59 Å². The van der Waals surface area contributed by atoms with E-state index in [9.17, 15) is 9.59 Å². The smallest absolute Gasteiger partial charge is 0.251 e. The maximum atomic E-state index is 12.1. The molecule has 0 atom stereocenters. The summed E-state index contributed by atoms with van der Waals surface area (Å²) in [5, 5.41) is 5.96. The molecule has 0 saturated heterocycles. The van der Waals surface area contributed by atoms with Gasteiger partial charge in [0, 0.05) is 30.0 Å². The molecule has 0 fully saturated rings. The van der Waals surface area contributed by atoms with Crippen LogP contribution in [0, 0.1) is 0 Å². The maximum Gasteiger partial charge on any atom is 0.251 e. The minimum absolute atomic E-state index is 0.142. The third kappa shape index (κ3) is 5.38. The summed E-state index contributed by atoms with van der Waals surface area (Å²) in [7, 11) is 0. The first-order valence-corrected chi connectivity index (χ1v) is 9.08. The molecule has 7 heteroatoms. The fourth-order valence-electron chi connectivity index (χ4n) is 2.45. The van der Waals surface area contributed by atoms with E-state index in [4.69, 9.17) is 23.2 Å². The minimum Gasteiger partial charge on any atom is -0.372 e. The number of halogens is 2. The van der Waals surface area contributed by atoms with Crippen molar-refractivity contribution in [3.8, 4) is 0 Å². The first-order chi connectivity index (χ1) is 12.4. The summed E-state index contributed by atoms with van der Waals surface area (Å²) in [6.07, 6.45) is 0. The molecule has 2 amide bonds. The molecule has 0 heterocycles. The van der Waals surface area contributed by atoms with Gasteiger partial charge in [-0.3, -0.25) is 9.59 Å². The van der Waals surface area contributed by atoms with Gasteiger partial charge in [-0.2, -0.15) is 0 Å². The lowest BCUT2D eigenvalue weighted by molar-refractivity contribution is -0.115. The molecular weight excluding hydrogens is 373 g/mol. The summed E-state index contributed by atoms with van der Waals surface area (Å²) in [6.45, 7) is 5.88. The van der Waals surface area contributed by atoms with Crippen molar-refractivity contribution in [2.75, 3.05) is 29.9 Å². The van der Waals surface area contributed by atoms with E-state index in [1.165, 1.54) is 12.1 Å². The molecule has 0 aliphatic rings. The van der Waals surface area contributed by atoms with Crippen LogP contribution in [-0.4, -0.2) is 31.4 Å². The third-order valence-electron chi connectivity index (χ3n) is 3.87. The van der Waals surface area contributed by atoms with E-state index < -0.39 is 5.91 Å². The van der Waals surface area contributed by atoms with Crippen LogP contribution in [-0.2, 0) is 4.79 Å². The third-order valence-corrected chi connectivity index (χ3v) is 4.61. The Hall–Kier alpha value is -2.24. The molecule has 0 aliphatic carbocycles. The lowest BCUT2D eigenvalue weighted by Gasteiger charge is -2.21. The summed E-state index contributed by atoms with van der Waals surface area (Å²) in [5.41, 5.74) is 2.12. The van der Waals surface area contributed by atoms with E-state index in [-0.39, 0.29) is 17.5 Å². The number of benzene rings is 2. The highest BCUT2D eigenvalue weighted by Gasteiger charge is 2.10. The molecule has 0 bridgehead atoms. The molecule has 0 spiro atoms. The molecule has 2 aromatic carbocycles. The number of anilines is 2. The lowest BCUT2D eigenvalue weighted by Crippen LogP contribution is -2.32. The summed E-state index contributed by atoms with van der Waals surface area (Å²) >= 11 is 11.7. The van der Waals surface area contributed by atoms with Crippen molar-refractivity contribution in [2.24, 2.45) is 0 Å². The van der Waals surface area contributed by atoms with Gasteiger partial charge in [-0.25, -0.2) is 0 Å². The van der Waals surface area contributed by atoms with Crippen LogP contribution in [0.4, 0.5) is 11.4 Å². The van der Waals surface area contributed by atoms with Crippen molar-refractivity contribution in [2.45, 2.75) is 13.8 Å². The van der Waals surface area contributed by atoms with Crippen LogP contribution in [0.15, 0.2) is 42.5 Å². The van der Waals surface area contributed by atoms with Crippen LogP contribution in [0.25, 0.3) is 0 Å². The molecule has 0 aromatic heterocycles. The average molecular weight is 394 g/mol. The van der Waals surface area contributed by atoms with Crippen molar-refractivity contribution >= 4 is 46.4 Å². The van der Waals surface area contributed by atoms with E-state index in [1.807, 2.05) is 24.3 Å². The summed E-state index contributed by atoms with van der Waals surface area (Å²) in [5.74, 6) is -0.704. The van der Waals surface area contributed by atoms with Gasteiger partial charge in [0.15, 0.2) is 0 Å². The van der Waals surface area contributed by atoms with Crippen LogP contribution in [0.1, 0.15) is 24.2 Å². The second kappa shape index (κ2) is 9.46. The minimum atomic E-state index is -0.393. The van der Waals surface area contributed by atoms with Gasteiger partial charge in [0.1, 0.15) is 0 Å². The van der Waals surface area contributed by atoms with Crippen molar-refractivity contribution in [3.63, 3.8) is 0 Å². The molecule has 2 N–H and O–H groups in total. The Bertz CT molecular complexity index is 775. The second-order valence-corrected chi connectivity index (χ2v) is 6.39. The van der Waals surface area contributed by atoms with E-state index in [0.29, 0.717) is 16.3 Å². The normalized spacial score (nSPS) is 10.3. The molecular formula is C19H21Cl2N3O2. The number of amides is 2. The molecule has 0 saturated carbocycles. The predicted molar refractivity (Wildman–Crippen MR) is 107 cm³/mol. The molecule has 2 aromatic rings. The monoisotopic (exact) mass is 393 g/mol. The first kappa shape index (κ1) is 20.1. The van der Waals surface area contributed by atoms with E-state index in [0.717, 1.165) is 18.8 Å². The highest BCUT2D eigenvalue weighted by Crippen LogP contribution is 2.22. The van der Waals surface area contributed by atoms with Gasteiger partial charge in [0.25, 0.3) is 5.91 Å². The zero-order chi connectivity index (χ0) is 19.1. The fraction of sp³-hybridized carbons (Fsp3) is 0.263. The van der Waals surface area contributed by atoms with Gasteiger partial charge in [0.05, 0.1) is 16.6 Å². The highest BCUT2D eigenvalue weighted by atomic mass is 35.5. The second-order valence-electron chi connectivity index (χ2n) is 5.58. The van der Waals surface area contributed by atoms with Gasteiger partial charge in [0.2, 0.25) is 5.91 Å². The first-order valence-electron chi connectivity index (χ1n) is 8.32. The number of rotatable bonds is 7. The SMILES string of the molecule is CCN(CC)c1ccc(NC(=O)CNC(=O)c2ccc(Cl)c(Cl)c2)cc1. The van der Waals surface area contributed by atoms with Crippen LogP contribution < -0.4 is 15.5 Å². The lowest BCUT2D eigenvalue weighted by atomic mass is 10.2. The van der Waals surface area contributed by atoms with Crippen LogP contribution in [0.2, 0.25) is 10.0 Å². The quantitative estimate of drug-likeness (QED) is 0.740. The number of nitrogens with one attached hydrogen (secondary N) is 2. The van der Waals surface area contributed by atoms with Gasteiger partial charge in [-0.15, -0.1) is 0 Å².